The molecule has 8 nitrogen and oxygen atoms in total. The molecule has 29 heavy (non-hydrogen) atoms. The molecule has 0 saturated carbocycles. The molecule has 0 aliphatic carbocycles. The smallest absolute Gasteiger partial charge is 0.294 e. The third kappa shape index (κ3) is 3.49. The van der Waals surface area contributed by atoms with E-state index in [0.29, 0.717) is 24.7 Å². The minimum atomic E-state index is -0.731. The van der Waals surface area contributed by atoms with Crippen LogP contribution in [0.25, 0.3) is 11.8 Å². The predicted molar refractivity (Wildman–Crippen MR) is 108 cm³/mol. The molecule has 150 valence electrons. The molecular weight excluding hydrogens is 394 g/mol. The van der Waals surface area contributed by atoms with Crippen molar-refractivity contribution in [3.05, 3.63) is 46.1 Å². The van der Waals surface area contributed by atoms with Crippen molar-refractivity contribution < 1.29 is 23.9 Å². The number of nitrogens with two attached hydrogens (primary N) is 1. The Hall–Kier alpha value is -3.20. The van der Waals surface area contributed by atoms with Gasteiger partial charge < -0.3 is 19.8 Å². The lowest BCUT2D eigenvalue weighted by atomic mass is 10.2. The van der Waals surface area contributed by atoms with E-state index in [9.17, 15) is 14.4 Å². The summed E-state index contributed by atoms with van der Waals surface area (Å²) in [4.78, 5) is 36.7. The zero-order valence-corrected chi connectivity index (χ0v) is 16.7. The largest absolute Gasteiger partial charge is 0.486 e. The Morgan fingerprint density at radius 3 is 2.62 bits per heavy atom. The third-order valence-corrected chi connectivity index (χ3v) is 5.64. The molecule has 1 aromatic carbocycles. The molecular formula is C20H19N3O5S. The number of ether oxygens (including phenoxy) is 2. The number of primary amides is 1. The molecule has 0 atom stereocenters. The Kier molecular flexibility index (Phi) is 4.83. The van der Waals surface area contributed by atoms with E-state index in [1.165, 1.54) is 0 Å². The first kappa shape index (κ1) is 19.1. The number of nitrogens with zero attached hydrogens (tertiary/aromatic N) is 2. The van der Waals surface area contributed by atoms with E-state index in [2.05, 4.69) is 0 Å². The zero-order chi connectivity index (χ0) is 20.7. The maximum atomic E-state index is 12.5. The van der Waals surface area contributed by atoms with Crippen LogP contribution in [-0.2, 0) is 9.59 Å². The SMILES string of the molecule is Cc1cc(/C=C2\SC(=O)N(CC(N)=O)C2=O)c(C)n1-c1ccc2c(c1)OCCO2. The minimum absolute atomic E-state index is 0.263. The Morgan fingerprint density at radius 2 is 1.90 bits per heavy atom. The number of hydrogen-bond acceptors (Lipinski definition) is 6. The maximum Gasteiger partial charge on any atom is 0.294 e. The first-order valence-corrected chi connectivity index (χ1v) is 9.79. The summed E-state index contributed by atoms with van der Waals surface area (Å²) in [6.45, 7) is 4.51. The summed E-state index contributed by atoms with van der Waals surface area (Å²) in [6, 6.07) is 7.67. The number of benzene rings is 1. The van der Waals surface area contributed by atoms with Gasteiger partial charge in [-0.05, 0) is 55.4 Å². The van der Waals surface area contributed by atoms with Crippen LogP contribution in [0.2, 0.25) is 0 Å². The van der Waals surface area contributed by atoms with Crippen LogP contribution in [0.5, 0.6) is 11.5 Å². The summed E-state index contributed by atoms with van der Waals surface area (Å²) in [5, 5.41) is -0.499. The van der Waals surface area contributed by atoms with E-state index >= 15 is 0 Å². The average Bonchev–Trinajstić information content (AvgIpc) is 3.11. The Bertz CT molecular complexity index is 1070. The number of amides is 3. The maximum absolute atomic E-state index is 12.5. The van der Waals surface area contributed by atoms with E-state index in [1.54, 1.807) is 6.08 Å². The van der Waals surface area contributed by atoms with Crippen LogP contribution in [0.1, 0.15) is 17.0 Å². The van der Waals surface area contributed by atoms with Crippen LogP contribution in [0.3, 0.4) is 0 Å². The molecule has 3 amide bonds. The Morgan fingerprint density at radius 1 is 1.17 bits per heavy atom. The van der Waals surface area contributed by atoms with Crippen molar-refractivity contribution in [3.63, 3.8) is 0 Å². The topological polar surface area (TPSA) is 104 Å². The number of aryl methyl sites for hydroxylation is 1. The molecule has 0 bridgehead atoms. The molecule has 1 fully saturated rings. The van der Waals surface area contributed by atoms with Gasteiger partial charge in [0.05, 0.1) is 4.91 Å². The van der Waals surface area contributed by atoms with E-state index in [4.69, 9.17) is 15.2 Å². The fourth-order valence-corrected chi connectivity index (χ4v) is 4.26. The van der Waals surface area contributed by atoms with E-state index in [-0.39, 0.29) is 4.91 Å². The van der Waals surface area contributed by atoms with Gasteiger partial charge in [0, 0.05) is 23.1 Å². The lowest BCUT2D eigenvalue weighted by Crippen LogP contribution is -2.36. The van der Waals surface area contributed by atoms with Crippen molar-refractivity contribution in [2.24, 2.45) is 5.73 Å². The first-order chi connectivity index (χ1) is 13.8. The highest BCUT2D eigenvalue weighted by Crippen LogP contribution is 2.35. The zero-order valence-electron chi connectivity index (χ0n) is 15.9. The molecule has 0 spiro atoms. The predicted octanol–water partition coefficient (Wildman–Crippen LogP) is 2.39. The van der Waals surface area contributed by atoms with E-state index < -0.39 is 23.6 Å². The number of rotatable bonds is 4. The van der Waals surface area contributed by atoms with Gasteiger partial charge in [-0.15, -0.1) is 0 Å². The van der Waals surface area contributed by atoms with Gasteiger partial charge in [-0.2, -0.15) is 0 Å². The van der Waals surface area contributed by atoms with Crippen LogP contribution in [0.4, 0.5) is 4.79 Å². The van der Waals surface area contributed by atoms with Crippen molar-refractivity contribution in [2.75, 3.05) is 19.8 Å². The van der Waals surface area contributed by atoms with Crippen LogP contribution in [0, 0.1) is 13.8 Å². The van der Waals surface area contributed by atoms with Gasteiger partial charge in [0.1, 0.15) is 19.8 Å². The van der Waals surface area contributed by atoms with Gasteiger partial charge in [0.2, 0.25) is 5.91 Å². The number of thioether (sulfide) groups is 1. The summed E-state index contributed by atoms with van der Waals surface area (Å²) in [6.07, 6.45) is 1.67. The van der Waals surface area contributed by atoms with Crippen molar-refractivity contribution in [1.29, 1.82) is 0 Å². The van der Waals surface area contributed by atoms with Crippen molar-refractivity contribution in [3.8, 4) is 17.2 Å². The number of hydrogen-bond donors (Lipinski definition) is 1. The molecule has 0 radical (unpaired) electrons. The van der Waals surface area contributed by atoms with Crippen molar-refractivity contribution in [1.82, 2.24) is 9.47 Å². The Balaban J connectivity index is 1.68. The summed E-state index contributed by atoms with van der Waals surface area (Å²) >= 11 is 0.802. The molecule has 2 N–H and O–H groups in total. The van der Waals surface area contributed by atoms with Gasteiger partial charge >= 0.3 is 0 Å². The van der Waals surface area contributed by atoms with Crippen LogP contribution in [-0.4, -0.2) is 46.3 Å². The lowest BCUT2D eigenvalue weighted by Gasteiger charge is -2.20. The second kappa shape index (κ2) is 7.32. The highest BCUT2D eigenvalue weighted by atomic mass is 32.2. The van der Waals surface area contributed by atoms with Crippen LogP contribution >= 0.6 is 11.8 Å². The van der Waals surface area contributed by atoms with Gasteiger partial charge in [-0.3, -0.25) is 19.3 Å². The first-order valence-electron chi connectivity index (χ1n) is 8.98. The van der Waals surface area contributed by atoms with E-state index in [1.807, 2.05) is 42.7 Å². The van der Waals surface area contributed by atoms with Crippen LogP contribution in [0.15, 0.2) is 29.2 Å². The normalized spacial score (nSPS) is 17.3. The van der Waals surface area contributed by atoms with E-state index in [0.717, 1.165) is 39.3 Å². The fraction of sp³-hybridized carbons (Fsp3) is 0.250. The van der Waals surface area contributed by atoms with Crippen LogP contribution < -0.4 is 15.2 Å². The second-order valence-electron chi connectivity index (χ2n) is 6.72. The highest BCUT2D eigenvalue weighted by molar-refractivity contribution is 8.18. The molecule has 9 heteroatoms. The fourth-order valence-electron chi connectivity index (χ4n) is 3.44. The molecule has 2 aliphatic rings. The third-order valence-electron chi connectivity index (χ3n) is 4.73. The average molecular weight is 413 g/mol. The summed E-state index contributed by atoms with van der Waals surface area (Å²) in [7, 11) is 0. The number of carbonyl (C=O) groups excluding carboxylic acids is 3. The quantitative estimate of drug-likeness (QED) is 0.772. The number of carbonyl (C=O) groups is 3. The van der Waals surface area contributed by atoms with Crippen molar-refractivity contribution in [2.45, 2.75) is 13.8 Å². The number of fused-ring (bicyclic) bond motifs is 1. The molecule has 2 aliphatic heterocycles. The molecule has 0 unspecified atom stereocenters. The summed E-state index contributed by atoms with van der Waals surface area (Å²) in [5.41, 5.74) is 8.70. The van der Waals surface area contributed by atoms with Gasteiger partial charge in [0.15, 0.2) is 11.5 Å². The summed E-state index contributed by atoms with van der Waals surface area (Å²) < 4.78 is 13.3. The monoisotopic (exact) mass is 413 g/mol. The van der Waals surface area contributed by atoms with Crippen molar-refractivity contribution >= 4 is 34.9 Å². The second-order valence-corrected chi connectivity index (χ2v) is 7.72. The molecule has 1 saturated heterocycles. The standard InChI is InChI=1S/C20H19N3O5S/c1-11-7-13(8-17-19(25)22(10-18(21)24)20(26)29-17)12(2)23(11)14-3-4-15-16(9-14)28-6-5-27-15/h3-4,7-9H,5-6,10H2,1-2H3,(H2,21,24)/b17-8-. The minimum Gasteiger partial charge on any atom is -0.486 e. The molecule has 4 rings (SSSR count). The lowest BCUT2D eigenvalue weighted by molar-refractivity contribution is -0.127. The Labute approximate surface area is 171 Å². The number of aromatic nitrogens is 1. The van der Waals surface area contributed by atoms with Gasteiger partial charge in [-0.1, -0.05) is 0 Å². The van der Waals surface area contributed by atoms with Gasteiger partial charge in [-0.25, -0.2) is 0 Å². The molecule has 1 aromatic heterocycles. The summed E-state index contributed by atoms with van der Waals surface area (Å²) in [5.74, 6) is 0.162. The molecule has 2 aromatic rings. The van der Waals surface area contributed by atoms with Gasteiger partial charge in [0.25, 0.3) is 11.1 Å². The number of imide groups is 1. The highest BCUT2D eigenvalue weighted by Gasteiger charge is 2.36. The molecule has 3 heterocycles.